The molecule has 0 fully saturated rings. The maximum Gasteiger partial charge on any atom is 0.0645 e. The van der Waals surface area contributed by atoms with E-state index in [4.69, 9.17) is 0 Å². The minimum atomic E-state index is 0.862. The summed E-state index contributed by atoms with van der Waals surface area (Å²) in [5.74, 6) is 0. The quantitative estimate of drug-likeness (QED) is 0.693. The van der Waals surface area contributed by atoms with Gasteiger partial charge in [-0.15, -0.1) is 0 Å². The molecule has 0 radical (unpaired) electrons. The molecule has 5 nitrogen and oxygen atoms in total. The Morgan fingerprint density at radius 3 is 2.45 bits per heavy atom. The van der Waals surface area contributed by atoms with E-state index in [0.717, 1.165) is 25.3 Å². The van der Waals surface area contributed by atoms with Crippen molar-refractivity contribution >= 4 is 0 Å². The van der Waals surface area contributed by atoms with Crippen molar-refractivity contribution in [3.8, 4) is 5.69 Å². The molecule has 3 rings (SSSR count). The molecule has 0 aliphatic carbocycles. The van der Waals surface area contributed by atoms with Crippen LogP contribution >= 0.6 is 0 Å². The highest BCUT2D eigenvalue weighted by atomic mass is 15.3. The molecular formula is C15H17N5. The second-order valence-electron chi connectivity index (χ2n) is 4.56. The van der Waals surface area contributed by atoms with Gasteiger partial charge >= 0.3 is 0 Å². The Morgan fingerprint density at radius 1 is 0.950 bits per heavy atom. The Kier molecular flexibility index (Phi) is 3.89. The minimum Gasteiger partial charge on any atom is -0.311 e. The van der Waals surface area contributed by atoms with Crippen molar-refractivity contribution in [2.24, 2.45) is 0 Å². The van der Waals surface area contributed by atoms with E-state index in [9.17, 15) is 0 Å². The second-order valence-corrected chi connectivity index (χ2v) is 4.56. The molecule has 0 aliphatic rings. The van der Waals surface area contributed by atoms with Gasteiger partial charge in [0, 0.05) is 37.9 Å². The van der Waals surface area contributed by atoms with Crippen LogP contribution in [0.2, 0.25) is 0 Å². The van der Waals surface area contributed by atoms with Crippen LogP contribution in [0.4, 0.5) is 0 Å². The normalized spacial score (nSPS) is 10.8. The van der Waals surface area contributed by atoms with E-state index < -0.39 is 0 Å². The van der Waals surface area contributed by atoms with Gasteiger partial charge in [0.15, 0.2) is 0 Å². The first-order valence-electron chi connectivity index (χ1n) is 6.69. The molecule has 2 aromatic heterocycles. The third-order valence-electron chi connectivity index (χ3n) is 3.11. The molecule has 20 heavy (non-hydrogen) atoms. The van der Waals surface area contributed by atoms with Crippen molar-refractivity contribution in [3.63, 3.8) is 0 Å². The first kappa shape index (κ1) is 12.6. The molecule has 0 saturated carbocycles. The maximum absolute atomic E-state index is 4.21. The molecule has 0 unspecified atom stereocenters. The number of aromatic nitrogens is 4. The van der Waals surface area contributed by atoms with Crippen molar-refractivity contribution in [2.75, 3.05) is 6.54 Å². The van der Waals surface area contributed by atoms with Crippen LogP contribution in [0.15, 0.2) is 61.2 Å². The zero-order valence-electron chi connectivity index (χ0n) is 11.2. The summed E-state index contributed by atoms with van der Waals surface area (Å²) in [5.41, 5.74) is 2.34. The Labute approximate surface area is 117 Å². The molecule has 0 bridgehead atoms. The van der Waals surface area contributed by atoms with Gasteiger partial charge in [0.1, 0.15) is 0 Å². The predicted molar refractivity (Wildman–Crippen MR) is 77.5 cm³/mol. The Hall–Kier alpha value is -2.40. The van der Waals surface area contributed by atoms with Crippen LogP contribution in [-0.4, -0.2) is 26.1 Å². The van der Waals surface area contributed by atoms with Gasteiger partial charge in [-0.05, 0) is 29.8 Å². The summed E-state index contributed by atoms with van der Waals surface area (Å²) >= 11 is 0. The molecule has 0 spiro atoms. The summed E-state index contributed by atoms with van der Waals surface area (Å²) in [5, 5.41) is 11.8. The fourth-order valence-electron chi connectivity index (χ4n) is 2.05. The average molecular weight is 267 g/mol. The molecule has 2 heterocycles. The monoisotopic (exact) mass is 267 g/mol. The van der Waals surface area contributed by atoms with Crippen molar-refractivity contribution in [3.05, 3.63) is 66.7 Å². The van der Waals surface area contributed by atoms with Gasteiger partial charge in [0.2, 0.25) is 0 Å². The molecular weight excluding hydrogens is 250 g/mol. The van der Waals surface area contributed by atoms with Crippen LogP contribution in [-0.2, 0) is 13.1 Å². The lowest BCUT2D eigenvalue weighted by atomic mass is 10.2. The van der Waals surface area contributed by atoms with Crippen molar-refractivity contribution in [1.29, 1.82) is 0 Å². The zero-order valence-corrected chi connectivity index (χ0v) is 11.2. The smallest absolute Gasteiger partial charge is 0.0645 e. The number of nitrogens with zero attached hydrogens (tertiary/aromatic N) is 4. The Bertz CT molecular complexity index is 611. The molecule has 1 aromatic carbocycles. The number of benzene rings is 1. The van der Waals surface area contributed by atoms with Crippen LogP contribution in [0.25, 0.3) is 5.69 Å². The molecule has 0 atom stereocenters. The van der Waals surface area contributed by atoms with Crippen LogP contribution in [0.5, 0.6) is 0 Å². The molecule has 0 aliphatic heterocycles. The minimum absolute atomic E-state index is 0.862. The first-order chi connectivity index (χ1) is 9.92. The van der Waals surface area contributed by atoms with Gasteiger partial charge in [0.25, 0.3) is 0 Å². The standard InChI is InChI=1S/C15H17N5/c1-7-17-19(10-1)12-9-16-13-14-3-5-15(6-4-14)20-11-2-8-18-20/h1-8,10-11,16H,9,12-13H2. The summed E-state index contributed by atoms with van der Waals surface area (Å²) in [4.78, 5) is 0. The SMILES string of the molecule is c1cnn(CCNCc2ccc(-n3cccn3)cc2)c1. The summed E-state index contributed by atoms with van der Waals surface area (Å²) in [6.45, 7) is 2.65. The molecule has 1 N–H and O–H groups in total. The second kappa shape index (κ2) is 6.16. The van der Waals surface area contributed by atoms with Crippen molar-refractivity contribution in [2.45, 2.75) is 13.1 Å². The van der Waals surface area contributed by atoms with Gasteiger partial charge in [-0.2, -0.15) is 10.2 Å². The maximum atomic E-state index is 4.21. The van der Waals surface area contributed by atoms with E-state index in [1.165, 1.54) is 5.56 Å². The van der Waals surface area contributed by atoms with Crippen molar-refractivity contribution < 1.29 is 0 Å². The van der Waals surface area contributed by atoms with Gasteiger partial charge in [-0.3, -0.25) is 4.68 Å². The highest BCUT2D eigenvalue weighted by molar-refractivity contribution is 5.33. The highest BCUT2D eigenvalue weighted by Crippen LogP contribution is 2.08. The van der Waals surface area contributed by atoms with Gasteiger partial charge < -0.3 is 5.32 Å². The van der Waals surface area contributed by atoms with E-state index in [1.54, 1.807) is 12.4 Å². The van der Waals surface area contributed by atoms with Crippen LogP contribution in [0.1, 0.15) is 5.56 Å². The summed E-state index contributed by atoms with van der Waals surface area (Å²) in [7, 11) is 0. The predicted octanol–water partition coefficient (Wildman–Crippen LogP) is 1.86. The molecule has 0 saturated heterocycles. The fraction of sp³-hybridized carbons (Fsp3) is 0.200. The number of nitrogens with one attached hydrogen (secondary N) is 1. The van der Waals surface area contributed by atoms with Crippen LogP contribution < -0.4 is 5.32 Å². The summed E-state index contributed by atoms with van der Waals surface area (Å²) in [6, 6.07) is 12.3. The van der Waals surface area contributed by atoms with Crippen LogP contribution in [0, 0.1) is 0 Å². The molecule has 102 valence electrons. The average Bonchev–Trinajstić information content (AvgIpc) is 3.17. The fourth-order valence-corrected chi connectivity index (χ4v) is 2.05. The number of hydrogen-bond acceptors (Lipinski definition) is 3. The molecule has 3 aromatic rings. The topological polar surface area (TPSA) is 47.7 Å². The van der Waals surface area contributed by atoms with Crippen molar-refractivity contribution in [1.82, 2.24) is 24.9 Å². The van der Waals surface area contributed by atoms with Crippen LogP contribution in [0.3, 0.4) is 0 Å². The summed E-state index contributed by atoms with van der Waals surface area (Å²) in [6.07, 6.45) is 7.50. The van der Waals surface area contributed by atoms with Gasteiger partial charge in [-0.1, -0.05) is 12.1 Å². The van der Waals surface area contributed by atoms with E-state index in [0.29, 0.717) is 0 Å². The lowest BCUT2D eigenvalue weighted by molar-refractivity contribution is 0.555. The lowest BCUT2D eigenvalue weighted by Crippen LogP contribution is -2.19. The lowest BCUT2D eigenvalue weighted by Gasteiger charge is -2.06. The molecule has 5 heteroatoms. The number of rotatable bonds is 6. The van der Waals surface area contributed by atoms with Gasteiger partial charge in [0.05, 0.1) is 12.2 Å². The largest absolute Gasteiger partial charge is 0.311 e. The Balaban J connectivity index is 1.48. The number of hydrogen-bond donors (Lipinski definition) is 1. The van der Waals surface area contributed by atoms with E-state index in [2.05, 4.69) is 39.8 Å². The van der Waals surface area contributed by atoms with E-state index in [-0.39, 0.29) is 0 Å². The first-order valence-corrected chi connectivity index (χ1v) is 6.69. The Morgan fingerprint density at radius 2 is 1.75 bits per heavy atom. The highest BCUT2D eigenvalue weighted by Gasteiger charge is 1.97. The third-order valence-corrected chi connectivity index (χ3v) is 3.11. The van der Waals surface area contributed by atoms with Gasteiger partial charge in [-0.25, -0.2) is 4.68 Å². The zero-order chi connectivity index (χ0) is 13.6. The van der Waals surface area contributed by atoms with E-state index in [1.807, 2.05) is 33.9 Å². The van der Waals surface area contributed by atoms with E-state index >= 15 is 0 Å². The summed E-state index contributed by atoms with van der Waals surface area (Å²) < 4.78 is 3.78. The molecule has 0 amide bonds. The third kappa shape index (κ3) is 3.13.